The van der Waals surface area contributed by atoms with Crippen LogP contribution in [-0.2, 0) is 28.0 Å². The van der Waals surface area contributed by atoms with Gasteiger partial charge in [0.25, 0.3) is 0 Å². The van der Waals surface area contributed by atoms with Gasteiger partial charge in [-0.3, -0.25) is 14.2 Å². The molecule has 2 aromatic carbocycles. The van der Waals surface area contributed by atoms with Crippen LogP contribution < -0.4 is 4.74 Å². The summed E-state index contributed by atoms with van der Waals surface area (Å²) in [7, 11) is -2.50. The predicted octanol–water partition coefficient (Wildman–Crippen LogP) is 4.10. The highest BCUT2D eigenvalue weighted by Gasteiger charge is 2.58. The van der Waals surface area contributed by atoms with Gasteiger partial charge in [0.1, 0.15) is 11.7 Å². The number of hydroxylamine groups is 2. The molecule has 1 saturated heterocycles. The Labute approximate surface area is 197 Å². The van der Waals surface area contributed by atoms with Crippen LogP contribution in [0.2, 0.25) is 0 Å². The van der Waals surface area contributed by atoms with Gasteiger partial charge in [-0.1, -0.05) is 42.5 Å². The van der Waals surface area contributed by atoms with E-state index in [4.69, 9.17) is 18.6 Å². The summed E-state index contributed by atoms with van der Waals surface area (Å²) in [5.41, 5.74) is 0.902. The highest BCUT2D eigenvalue weighted by molar-refractivity contribution is 7.54. The average Bonchev–Trinajstić information content (AvgIpc) is 3.21. The molecule has 184 valence electrons. The van der Waals surface area contributed by atoms with Gasteiger partial charge in [-0.05, 0) is 37.1 Å². The summed E-state index contributed by atoms with van der Waals surface area (Å²) in [5, 5.41) is 21.0. The van der Waals surface area contributed by atoms with E-state index in [9.17, 15) is 24.4 Å². The van der Waals surface area contributed by atoms with Gasteiger partial charge in [0.2, 0.25) is 0 Å². The van der Waals surface area contributed by atoms with Gasteiger partial charge in [-0.15, -0.1) is 0 Å². The zero-order valence-electron chi connectivity index (χ0n) is 19.1. The maximum absolute atomic E-state index is 14.1. The quantitative estimate of drug-likeness (QED) is 0.441. The minimum absolute atomic E-state index is 0.0480. The van der Waals surface area contributed by atoms with Crippen LogP contribution in [0.25, 0.3) is 0 Å². The van der Waals surface area contributed by atoms with Crippen molar-refractivity contribution in [2.24, 2.45) is 5.92 Å². The Hall–Kier alpha value is -2.75. The highest BCUT2D eigenvalue weighted by atomic mass is 31.2. The molecule has 0 aliphatic carbocycles. The van der Waals surface area contributed by atoms with Gasteiger partial charge in [0, 0.05) is 0 Å². The van der Waals surface area contributed by atoms with Crippen molar-refractivity contribution >= 4 is 19.5 Å². The van der Waals surface area contributed by atoms with E-state index in [2.05, 4.69) is 0 Å². The van der Waals surface area contributed by atoms with Gasteiger partial charge in [0.05, 0.1) is 26.4 Å². The van der Waals surface area contributed by atoms with Crippen LogP contribution in [-0.4, -0.2) is 53.6 Å². The van der Waals surface area contributed by atoms with E-state index in [1.54, 1.807) is 68.4 Å². The van der Waals surface area contributed by atoms with E-state index >= 15 is 0 Å². The zero-order chi connectivity index (χ0) is 24.9. The molecule has 11 heteroatoms. The predicted molar refractivity (Wildman–Crippen MR) is 121 cm³/mol. The minimum Gasteiger partial charge on any atom is -0.497 e. The SMILES string of the molecule is CCOP(=O)(OCC)C(c1ccccc1)N1O[C@H](C(=O)O)[C@H](C(=O)O)[C@@H]1c1ccc(OC)cc1. The van der Waals surface area contributed by atoms with Crippen LogP contribution in [0.3, 0.4) is 0 Å². The van der Waals surface area contributed by atoms with Crippen molar-refractivity contribution in [2.45, 2.75) is 31.8 Å². The molecule has 0 saturated carbocycles. The molecule has 1 unspecified atom stereocenters. The molecule has 4 atom stereocenters. The summed E-state index contributed by atoms with van der Waals surface area (Å²) in [6.07, 6.45) is -1.73. The van der Waals surface area contributed by atoms with Gasteiger partial charge in [-0.2, -0.15) is 5.06 Å². The molecule has 2 aromatic rings. The molecule has 0 radical (unpaired) electrons. The van der Waals surface area contributed by atoms with Crippen LogP contribution in [0.15, 0.2) is 54.6 Å². The number of carboxylic acids is 2. The summed E-state index contributed by atoms with van der Waals surface area (Å²) in [6, 6.07) is 13.9. The molecule has 3 rings (SSSR count). The number of ether oxygens (including phenoxy) is 1. The monoisotopic (exact) mass is 493 g/mol. The molecular formula is C23H28NO9P. The lowest BCUT2D eigenvalue weighted by atomic mass is 9.89. The Kier molecular flexibility index (Phi) is 8.46. The van der Waals surface area contributed by atoms with E-state index in [0.29, 0.717) is 16.9 Å². The van der Waals surface area contributed by atoms with E-state index in [-0.39, 0.29) is 13.2 Å². The molecule has 2 N–H and O–H groups in total. The van der Waals surface area contributed by atoms with Gasteiger partial charge < -0.3 is 24.0 Å². The number of benzene rings is 2. The second kappa shape index (κ2) is 11.1. The third-order valence-electron chi connectivity index (χ3n) is 5.42. The molecule has 0 bridgehead atoms. The molecule has 1 aliphatic rings. The Bertz CT molecular complexity index is 1020. The summed E-state index contributed by atoms with van der Waals surface area (Å²) < 4.78 is 30.5. The fourth-order valence-electron chi connectivity index (χ4n) is 4.05. The second-order valence-corrected chi connectivity index (χ2v) is 9.55. The van der Waals surface area contributed by atoms with E-state index in [1.165, 1.54) is 7.11 Å². The number of carboxylic acid groups (broad SMARTS) is 2. The third-order valence-corrected chi connectivity index (χ3v) is 7.78. The number of hydrogen-bond acceptors (Lipinski definition) is 8. The van der Waals surface area contributed by atoms with Crippen molar-refractivity contribution in [2.75, 3.05) is 20.3 Å². The van der Waals surface area contributed by atoms with Gasteiger partial charge in [0.15, 0.2) is 11.9 Å². The minimum atomic E-state index is -4.00. The van der Waals surface area contributed by atoms with E-state index in [1.807, 2.05) is 0 Å². The molecule has 1 fully saturated rings. The lowest BCUT2D eigenvalue weighted by Gasteiger charge is -2.36. The lowest BCUT2D eigenvalue weighted by molar-refractivity contribution is -0.195. The van der Waals surface area contributed by atoms with Crippen molar-refractivity contribution in [1.29, 1.82) is 0 Å². The smallest absolute Gasteiger partial charge is 0.354 e. The molecule has 0 aromatic heterocycles. The van der Waals surface area contributed by atoms with E-state index < -0.39 is 43.4 Å². The van der Waals surface area contributed by atoms with Crippen LogP contribution in [0.4, 0.5) is 0 Å². The standard InChI is InChI=1S/C23H28NO9P/c1-4-31-34(29,32-5-2)21(16-9-7-6-8-10-16)24-19(15-11-13-17(30-3)14-12-15)18(22(25)26)20(33-24)23(27)28/h6-14,18-21H,4-5H2,1-3H3,(H,25,26)(H,27,28)/t18-,19+,20+,21?/m1/s1. The van der Waals surface area contributed by atoms with Gasteiger partial charge >= 0.3 is 19.5 Å². The Morgan fingerprint density at radius 2 is 1.59 bits per heavy atom. The van der Waals surface area contributed by atoms with Crippen molar-refractivity contribution in [3.05, 3.63) is 65.7 Å². The van der Waals surface area contributed by atoms with Crippen molar-refractivity contribution in [3.8, 4) is 5.75 Å². The first-order valence-corrected chi connectivity index (χ1v) is 12.4. The summed E-state index contributed by atoms with van der Waals surface area (Å²) in [5.74, 6) is -5.03. The lowest BCUT2D eigenvalue weighted by Crippen LogP contribution is -2.34. The molecular weight excluding hydrogens is 465 g/mol. The highest BCUT2D eigenvalue weighted by Crippen LogP contribution is 2.65. The Morgan fingerprint density at radius 1 is 1.00 bits per heavy atom. The second-order valence-electron chi connectivity index (χ2n) is 7.47. The average molecular weight is 493 g/mol. The Morgan fingerprint density at radius 3 is 2.06 bits per heavy atom. The van der Waals surface area contributed by atoms with Crippen molar-refractivity contribution < 1.29 is 43.0 Å². The molecule has 10 nitrogen and oxygen atoms in total. The van der Waals surface area contributed by atoms with Gasteiger partial charge in [-0.25, -0.2) is 4.79 Å². The topological polar surface area (TPSA) is 132 Å². The third kappa shape index (κ3) is 5.16. The van der Waals surface area contributed by atoms with E-state index in [0.717, 1.165) is 5.06 Å². The largest absolute Gasteiger partial charge is 0.497 e. The summed E-state index contributed by atoms with van der Waals surface area (Å²) in [6.45, 7) is 3.40. The Balaban J connectivity index is 2.24. The number of nitrogens with zero attached hydrogens (tertiary/aromatic N) is 1. The molecule has 0 amide bonds. The first-order chi connectivity index (χ1) is 16.3. The first kappa shape index (κ1) is 25.9. The van der Waals surface area contributed by atoms with Crippen LogP contribution >= 0.6 is 7.60 Å². The maximum Gasteiger partial charge on any atom is 0.354 e. The van der Waals surface area contributed by atoms with Crippen LogP contribution in [0, 0.1) is 5.92 Å². The first-order valence-electron chi connectivity index (χ1n) is 10.8. The zero-order valence-corrected chi connectivity index (χ0v) is 20.0. The molecule has 0 spiro atoms. The maximum atomic E-state index is 14.1. The van der Waals surface area contributed by atoms with Crippen molar-refractivity contribution in [3.63, 3.8) is 0 Å². The number of carbonyl (C=O) groups is 2. The normalized spacial score (nSPS) is 21.8. The number of rotatable bonds is 11. The fourth-order valence-corrected chi connectivity index (χ4v) is 6.14. The van der Waals surface area contributed by atoms with Crippen LogP contribution in [0.5, 0.6) is 5.75 Å². The van der Waals surface area contributed by atoms with Crippen LogP contribution in [0.1, 0.15) is 36.8 Å². The van der Waals surface area contributed by atoms with Crippen molar-refractivity contribution in [1.82, 2.24) is 5.06 Å². The molecule has 1 heterocycles. The number of methoxy groups -OCH3 is 1. The molecule has 1 aliphatic heterocycles. The fraction of sp³-hybridized carbons (Fsp3) is 0.391. The summed E-state index contributed by atoms with van der Waals surface area (Å²) in [4.78, 5) is 30.1. The number of hydrogen-bond donors (Lipinski definition) is 2. The molecule has 34 heavy (non-hydrogen) atoms. The number of aliphatic carboxylic acids is 2. The summed E-state index contributed by atoms with van der Waals surface area (Å²) >= 11 is 0.